The van der Waals surface area contributed by atoms with Crippen LogP contribution in [0.3, 0.4) is 0 Å². The number of thiophene rings is 2. The molecule has 2 aromatic carbocycles. The summed E-state index contributed by atoms with van der Waals surface area (Å²) in [7, 11) is 0. The maximum Gasteiger partial charge on any atom is 0.0841 e. The Morgan fingerprint density at radius 3 is 2.53 bits per heavy atom. The van der Waals surface area contributed by atoms with E-state index in [2.05, 4.69) is 89.4 Å². The van der Waals surface area contributed by atoms with Crippen LogP contribution >= 0.6 is 35.3 Å². The number of hydrogen-bond acceptors (Lipinski definition) is 4. The molecule has 1 nitrogen and oxygen atoms in total. The zero-order valence-electron chi connectivity index (χ0n) is 20.7. The lowest BCUT2D eigenvalue weighted by molar-refractivity contribution is 0.597. The van der Waals surface area contributed by atoms with Crippen molar-refractivity contribution in [1.29, 1.82) is 0 Å². The summed E-state index contributed by atoms with van der Waals surface area (Å²) in [6, 6.07) is 15.6. The van der Waals surface area contributed by atoms with Crippen molar-refractivity contribution in [3.63, 3.8) is 0 Å². The molecular formula is C30H31NS3. The van der Waals surface area contributed by atoms with Crippen molar-refractivity contribution >= 4 is 55.5 Å². The number of nitrogens with zero attached hydrogens (tertiary/aromatic N) is 1. The van der Waals surface area contributed by atoms with Crippen molar-refractivity contribution in [1.82, 2.24) is 4.98 Å². The summed E-state index contributed by atoms with van der Waals surface area (Å²) in [5.74, 6) is 0.646. The summed E-state index contributed by atoms with van der Waals surface area (Å²) < 4.78 is 2.72. The van der Waals surface area contributed by atoms with Crippen molar-refractivity contribution < 1.29 is 0 Å². The number of aryl methyl sites for hydroxylation is 1. The summed E-state index contributed by atoms with van der Waals surface area (Å²) in [5, 5.41) is 4.82. The zero-order chi connectivity index (χ0) is 24.2. The van der Waals surface area contributed by atoms with Gasteiger partial charge in [-0.1, -0.05) is 52.8 Å². The number of fused-ring (bicyclic) bond motifs is 2. The molecule has 4 heteroatoms. The minimum Gasteiger partial charge on any atom is -0.255 e. The smallest absolute Gasteiger partial charge is 0.0841 e. The van der Waals surface area contributed by atoms with Crippen molar-refractivity contribution in [3.8, 4) is 22.4 Å². The van der Waals surface area contributed by atoms with Gasteiger partial charge in [0.25, 0.3) is 0 Å². The third-order valence-electron chi connectivity index (χ3n) is 6.50. The second kappa shape index (κ2) is 8.82. The quantitative estimate of drug-likeness (QED) is 0.242. The van der Waals surface area contributed by atoms with Gasteiger partial charge in [-0.15, -0.1) is 35.3 Å². The Balaban J connectivity index is 1.70. The van der Waals surface area contributed by atoms with Gasteiger partial charge in [-0.25, -0.2) is 0 Å². The van der Waals surface area contributed by atoms with E-state index in [1.807, 2.05) is 28.9 Å². The molecular weight excluding hydrogens is 471 g/mol. The van der Waals surface area contributed by atoms with Crippen molar-refractivity contribution in [2.24, 2.45) is 5.92 Å². The Hall–Kier alpha value is -2.14. The van der Waals surface area contributed by atoms with Crippen LogP contribution in [0.15, 0.2) is 58.9 Å². The molecule has 5 aromatic rings. The standard InChI is InChI=1S/C30H31NS3/c1-17(2)14-25-18(3)21-8-7-9-23(29(21)34-25)22-10-12-31-26(27(22)32)20-15-19-11-13-33-28(19)24(16-20)30(4,5)6/h7-13,15-17,32H,14H2,1-6H3. The Morgan fingerprint density at radius 1 is 1.00 bits per heavy atom. The van der Waals surface area contributed by atoms with Crippen LogP contribution in [0.5, 0.6) is 0 Å². The molecule has 5 rings (SSSR count). The summed E-state index contributed by atoms with van der Waals surface area (Å²) >= 11 is 8.84. The molecule has 0 radical (unpaired) electrons. The Kier molecular flexibility index (Phi) is 6.12. The van der Waals surface area contributed by atoms with Gasteiger partial charge in [-0.05, 0) is 76.2 Å². The molecule has 0 aliphatic heterocycles. The van der Waals surface area contributed by atoms with Gasteiger partial charge in [0.05, 0.1) is 5.69 Å². The third kappa shape index (κ3) is 4.10. The first-order chi connectivity index (χ1) is 16.1. The highest BCUT2D eigenvalue weighted by Gasteiger charge is 2.21. The lowest BCUT2D eigenvalue weighted by Crippen LogP contribution is -2.11. The SMILES string of the molecule is Cc1c(CC(C)C)sc2c(-c3ccnc(-c4cc(C(C)(C)C)c5sccc5c4)c3S)cccc12. The highest BCUT2D eigenvalue weighted by molar-refractivity contribution is 7.80. The molecule has 0 atom stereocenters. The molecule has 0 aliphatic rings. The molecule has 34 heavy (non-hydrogen) atoms. The monoisotopic (exact) mass is 501 g/mol. The highest BCUT2D eigenvalue weighted by atomic mass is 32.1. The fourth-order valence-electron chi connectivity index (χ4n) is 4.73. The molecule has 0 unspecified atom stereocenters. The van der Waals surface area contributed by atoms with Crippen LogP contribution in [-0.2, 0) is 11.8 Å². The summed E-state index contributed by atoms with van der Waals surface area (Å²) in [5.41, 5.74) is 7.33. The van der Waals surface area contributed by atoms with E-state index in [9.17, 15) is 0 Å². The van der Waals surface area contributed by atoms with Gasteiger partial charge in [0.1, 0.15) is 0 Å². The average Bonchev–Trinajstić information content (AvgIpc) is 3.37. The van der Waals surface area contributed by atoms with E-state index in [0.717, 1.165) is 28.1 Å². The summed E-state index contributed by atoms with van der Waals surface area (Å²) in [4.78, 5) is 7.26. The van der Waals surface area contributed by atoms with Crippen LogP contribution in [0, 0.1) is 12.8 Å². The average molecular weight is 502 g/mol. The highest BCUT2D eigenvalue weighted by Crippen LogP contribution is 2.43. The van der Waals surface area contributed by atoms with Crippen molar-refractivity contribution in [3.05, 3.63) is 70.0 Å². The number of aromatic nitrogens is 1. The molecule has 0 aliphatic carbocycles. The van der Waals surface area contributed by atoms with E-state index in [1.165, 1.54) is 41.7 Å². The van der Waals surface area contributed by atoms with Crippen molar-refractivity contribution in [2.45, 2.75) is 58.3 Å². The van der Waals surface area contributed by atoms with E-state index < -0.39 is 0 Å². The van der Waals surface area contributed by atoms with Crippen LogP contribution in [-0.4, -0.2) is 4.98 Å². The molecule has 0 saturated carbocycles. The van der Waals surface area contributed by atoms with Gasteiger partial charge >= 0.3 is 0 Å². The predicted octanol–water partition coefficient (Wildman–Crippen LogP) is 9.94. The topological polar surface area (TPSA) is 12.9 Å². The molecule has 0 N–H and O–H groups in total. The lowest BCUT2D eigenvalue weighted by Gasteiger charge is -2.21. The molecule has 174 valence electrons. The van der Waals surface area contributed by atoms with Crippen LogP contribution in [0.1, 0.15) is 50.6 Å². The minimum atomic E-state index is 0.0559. The number of rotatable bonds is 4. The van der Waals surface area contributed by atoms with Gasteiger partial charge in [0.2, 0.25) is 0 Å². The van der Waals surface area contributed by atoms with Crippen LogP contribution in [0.25, 0.3) is 42.6 Å². The molecule has 0 spiro atoms. The predicted molar refractivity (Wildman–Crippen MR) is 155 cm³/mol. The number of thiol groups is 1. The molecule has 0 saturated heterocycles. The minimum absolute atomic E-state index is 0.0559. The van der Waals surface area contributed by atoms with Gasteiger partial charge < -0.3 is 0 Å². The van der Waals surface area contributed by atoms with Crippen LogP contribution < -0.4 is 0 Å². The normalized spacial score (nSPS) is 12.4. The van der Waals surface area contributed by atoms with Crippen LogP contribution in [0.4, 0.5) is 0 Å². The van der Waals surface area contributed by atoms with Gasteiger partial charge in [-0.2, -0.15) is 0 Å². The Bertz CT molecular complexity index is 1510. The first kappa shape index (κ1) is 23.6. The van der Waals surface area contributed by atoms with Crippen LogP contribution in [0.2, 0.25) is 0 Å². The lowest BCUT2D eigenvalue weighted by atomic mass is 9.85. The first-order valence-electron chi connectivity index (χ1n) is 11.9. The van der Waals surface area contributed by atoms with E-state index in [4.69, 9.17) is 17.6 Å². The molecule has 0 fully saturated rings. The van der Waals surface area contributed by atoms with Crippen molar-refractivity contribution in [2.75, 3.05) is 0 Å². The molecule has 3 heterocycles. The molecule has 0 bridgehead atoms. The van der Waals surface area contributed by atoms with Gasteiger partial charge in [0.15, 0.2) is 0 Å². The van der Waals surface area contributed by atoms with E-state index in [0.29, 0.717) is 5.92 Å². The van der Waals surface area contributed by atoms with E-state index in [1.54, 1.807) is 0 Å². The van der Waals surface area contributed by atoms with E-state index in [-0.39, 0.29) is 5.41 Å². The molecule has 3 aromatic heterocycles. The maximum atomic E-state index is 5.08. The Labute approximate surface area is 216 Å². The van der Waals surface area contributed by atoms with Gasteiger partial charge in [-0.3, -0.25) is 4.98 Å². The summed E-state index contributed by atoms with van der Waals surface area (Å²) in [6.07, 6.45) is 3.06. The summed E-state index contributed by atoms with van der Waals surface area (Å²) in [6.45, 7) is 13.7. The zero-order valence-corrected chi connectivity index (χ0v) is 23.2. The van der Waals surface area contributed by atoms with Gasteiger partial charge in [0, 0.05) is 42.1 Å². The largest absolute Gasteiger partial charge is 0.255 e. The second-order valence-electron chi connectivity index (χ2n) is 10.6. The Morgan fingerprint density at radius 2 is 1.79 bits per heavy atom. The third-order valence-corrected chi connectivity index (χ3v) is 9.28. The number of pyridine rings is 1. The number of benzene rings is 2. The fourth-order valence-corrected chi connectivity index (χ4v) is 7.76. The number of hydrogen-bond donors (Lipinski definition) is 1. The van der Waals surface area contributed by atoms with E-state index >= 15 is 0 Å². The second-order valence-corrected chi connectivity index (χ2v) is 13.1. The fraction of sp³-hybridized carbons (Fsp3) is 0.300. The molecule has 0 amide bonds. The first-order valence-corrected chi connectivity index (χ1v) is 14.0. The maximum absolute atomic E-state index is 5.08.